The van der Waals surface area contributed by atoms with E-state index in [0.29, 0.717) is 10.0 Å². The van der Waals surface area contributed by atoms with Gasteiger partial charge in [-0.3, -0.25) is 14.9 Å². The molecule has 21 heavy (non-hydrogen) atoms. The molecule has 0 radical (unpaired) electrons. The number of hydrogen-bond donors (Lipinski definition) is 2. The fourth-order valence-corrected chi connectivity index (χ4v) is 1.96. The Balaban J connectivity index is 2.72. The van der Waals surface area contributed by atoms with Gasteiger partial charge in [-0.15, -0.1) is 0 Å². The van der Waals surface area contributed by atoms with Crippen molar-refractivity contribution in [2.75, 3.05) is 0 Å². The largest absolute Gasteiger partial charge is 0.480 e. The third-order valence-electron chi connectivity index (χ3n) is 2.54. The van der Waals surface area contributed by atoms with E-state index in [1.54, 1.807) is 6.07 Å². The number of aliphatic carboxylic acids is 1. The Morgan fingerprint density at radius 3 is 2.67 bits per heavy atom. The van der Waals surface area contributed by atoms with Gasteiger partial charge in [0.15, 0.2) is 0 Å². The molecule has 0 aliphatic carbocycles. The van der Waals surface area contributed by atoms with E-state index in [2.05, 4.69) is 27.8 Å². The molecule has 0 bridgehead atoms. The van der Waals surface area contributed by atoms with E-state index < -0.39 is 22.8 Å². The smallest absolute Gasteiger partial charge is 0.326 e. The number of benzene rings is 1. The Morgan fingerprint density at radius 2 is 2.14 bits per heavy atom. The van der Waals surface area contributed by atoms with E-state index in [9.17, 15) is 19.7 Å². The number of nitro groups is 1. The van der Waals surface area contributed by atoms with Gasteiger partial charge in [0.25, 0.3) is 5.69 Å². The molecule has 1 atom stereocenters. The molecule has 0 fully saturated rings. The molecule has 0 aliphatic heterocycles. The van der Waals surface area contributed by atoms with Crippen LogP contribution in [0.15, 0.2) is 35.3 Å². The predicted molar refractivity (Wildman–Crippen MR) is 79.1 cm³/mol. The second-order valence-corrected chi connectivity index (χ2v) is 5.40. The highest BCUT2D eigenvalue weighted by Gasteiger charge is 2.20. The molecule has 0 aliphatic rings. The maximum absolute atomic E-state index is 11.8. The third-order valence-corrected chi connectivity index (χ3v) is 2.87. The van der Waals surface area contributed by atoms with Gasteiger partial charge >= 0.3 is 5.97 Å². The van der Waals surface area contributed by atoms with Gasteiger partial charge in [-0.25, -0.2) is 4.79 Å². The summed E-state index contributed by atoms with van der Waals surface area (Å²) in [5.74, 6) is -1.71. The Morgan fingerprint density at radius 1 is 1.48 bits per heavy atom. The molecule has 0 spiro atoms. The van der Waals surface area contributed by atoms with Crippen molar-refractivity contribution in [2.24, 2.45) is 0 Å². The van der Waals surface area contributed by atoms with Gasteiger partial charge in [0.05, 0.1) is 11.3 Å². The molecule has 1 rings (SSSR count). The molecule has 0 unspecified atom stereocenters. The second kappa shape index (κ2) is 7.53. The monoisotopic (exact) mass is 356 g/mol. The van der Waals surface area contributed by atoms with E-state index in [1.807, 2.05) is 0 Å². The van der Waals surface area contributed by atoms with Crippen LogP contribution < -0.4 is 5.32 Å². The summed E-state index contributed by atoms with van der Waals surface area (Å²) in [4.78, 5) is 32.9. The van der Waals surface area contributed by atoms with Crippen LogP contribution in [0.5, 0.6) is 0 Å². The Hall–Kier alpha value is -2.22. The minimum atomic E-state index is -1.18. The first-order valence-electron chi connectivity index (χ1n) is 5.88. The molecule has 7 nitrogen and oxygen atoms in total. The van der Waals surface area contributed by atoms with Crippen LogP contribution in [0.25, 0.3) is 0 Å². The zero-order valence-electron chi connectivity index (χ0n) is 10.9. The van der Waals surface area contributed by atoms with Crippen LogP contribution in [0.3, 0.4) is 0 Å². The van der Waals surface area contributed by atoms with Gasteiger partial charge in [0, 0.05) is 18.6 Å². The highest BCUT2D eigenvalue weighted by atomic mass is 79.9. The maximum Gasteiger partial charge on any atom is 0.326 e. The number of carboxylic acids is 1. The first-order valence-corrected chi connectivity index (χ1v) is 6.67. The number of halogens is 1. The normalized spacial score (nSPS) is 11.5. The molecule has 2 N–H and O–H groups in total. The summed E-state index contributed by atoms with van der Waals surface area (Å²) in [7, 11) is 0. The van der Waals surface area contributed by atoms with Gasteiger partial charge in [-0.2, -0.15) is 0 Å². The van der Waals surface area contributed by atoms with E-state index in [-0.39, 0.29) is 18.5 Å². The summed E-state index contributed by atoms with van der Waals surface area (Å²) in [6, 6.07) is 4.53. The van der Waals surface area contributed by atoms with Crippen LogP contribution in [0.2, 0.25) is 0 Å². The third kappa shape index (κ3) is 5.74. The molecule has 0 heterocycles. The lowest BCUT2D eigenvalue weighted by Crippen LogP contribution is -2.41. The first-order chi connectivity index (χ1) is 9.79. The summed E-state index contributed by atoms with van der Waals surface area (Å²) in [6.07, 6.45) is -0.0871. The van der Waals surface area contributed by atoms with Crippen molar-refractivity contribution in [3.05, 3.63) is 51.0 Å². The summed E-state index contributed by atoms with van der Waals surface area (Å²) in [6.45, 7) is 3.53. The van der Waals surface area contributed by atoms with Crippen molar-refractivity contribution in [1.29, 1.82) is 0 Å². The highest BCUT2D eigenvalue weighted by molar-refractivity contribution is 9.11. The topological polar surface area (TPSA) is 110 Å². The summed E-state index contributed by atoms with van der Waals surface area (Å²) >= 11 is 3.04. The first kappa shape index (κ1) is 16.8. The fraction of sp³-hybridized carbons (Fsp3) is 0.231. The van der Waals surface area contributed by atoms with Crippen LogP contribution in [0, 0.1) is 10.1 Å². The predicted octanol–water partition coefficient (Wildman–Crippen LogP) is 2.01. The summed E-state index contributed by atoms with van der Waals surface area (Å²) in [5, 5.41) is 22.0. The standard InChI is InChI=1S/C13H13BrN2O5/c1-8(14)5-11(13(18)19)15-12(17)7-9-3-2-4-10(6-9)16(20)21/h2-4,6,11H,1,5,7H2,(H,15,17)(H,18,19)/t11-/m0/s1. The van der Waals surface area contributed by atoms with Crippen LogP contribution in [-0.4, -0.2) is 27.9 Å². The minimum absolute atomic E-state index is 0.0516. The fourth-order valence-electron chi connectivity index (χ4n) is 1.63. The summed E-state index contributed by atoms with van der Waals surface area (Å²) < 4.78 is 0.450. The molecule has 0 saturated carbocycles. The van der Waals surface area contributed by atoms with E-state index in [1.165, 1.54) is 18.2 Å². The number of hydrogen-bond acceptors (Lipinski definition) is 4. The zero-order valence-corrected chi connectivity index (χ0v) is 12.5. The van der Waals surface area contributed by atoms with Gasteiger partial charge in [0.1, 0.15) is 6.04 Å². The van der Waals surface area contributed by atoms with Gasteiger partial charge in [-0.1, -0.05) is 34.6 Å². The lowest BCUT2D eigenvalue weighted by molar-refractivity contribution is -0.384. The molecular formula is C13H13BrN2O5. The number of amides is 1. The van der Waals surface area contributed by atoms with Crippen molar-refractivity contribution < 1.29 is 19.6 Å². The Labute approximate surface area is 128 Å². The Kier molecular flexibility index (Phi) is 6.04. The zero-order chi connectivity index (χ0) is 16.0. The number of carboxylic acid groups (broad SMARTS) is 1. The lowest BCUT2D eigenvalue weighted by atomic mass is 10.1. The van der Waals surface area contributed by atoms with Gasteiger partial charge in [0.2, 0.25) is 5.91 Å². The van der Waals surface area contributed by atoms with Crippen molar-refractivity contribution in [2.45, 2.75) is 18.9 Å². The van der Waals surface area contributed by atoms with Crippen LogP contribution in [0.4, 0.5) is 5.69 Å². The van der Waals surface area contributed by atoms with E-state index in [4.69, 9.17) is 5.11 Å². The maximum atomic E-state index is 11.8. The second-order valence-electron chi connectivity index (χ2n) is 4.28. The molecule has 1 aromatic carbocycles. The van der Waals surface area contributed by atoms with Gasteiger partial charge < -0.3 is 10.4 Å². The minimum Gasteiger partial charge on any atom is -0.480 e. The van der Waals surface area contributed by atoms with E-state index in [0.717, 1.165) is 0 Å². The molecule has 1 amide bonds. The molecule has 0 aromatic heterocycles. The number of non-ortho nitro benzene ring substituents is 1. The number of carbonyl (C=O) groups excluding carboxylic acids is 1. The lowest BCUT2D eigenvalue weighted by Gasteiger charge is -2.13. The number of nitrogens with zero attached hydrogens (tertiary/aromatic N) is 1. The quantitative estimate of drug-likeness (QED) is 0.573. The van der Waals surface area contributed by atoms with Crippen molar-refractivity contribution in [3.63, 3.8) is 0 Å². The van der Waals surface area contributed by atoms with Crippen molar-refractivity contribution in [1.82, 2.24) is 5.32 Å². The van der Waals surface area contributed by atoms with Crippen molar-refractivity contribution >= 4 is 33.5 Å². The van der Waals surface area contributed by atoms with Gasteiger partial charge in [-0.05, 0) is 10.0 Å². The summed E-state index contributed by atoms with van der Waals surface area (Å²) in [5.41, 5.74) is 0.312. The number of rotatable bonds is 7. The molecule has 0 saturated heterocycles. The molecule has 112 valence electrons. The highest BCUT2D eigenvalue weighted by Crippen LogP contribution is 2.14. The Bertz CT molecular complexity index is 588. The molecule has 8 heteroatoms. The number of nitrogens with one attached hydrogen (secondary N) is 1. The van der Waals surface area contributed by atoms with Crippen LogP contribution in [0.1, 0.15) is 12.0 Å². The molecule has 1 aromatic rings. The number of nitro benzene ring substituents is 1. The van der Waals surface area contributed by atoms with E-state index >= 15 is 0 Å². The number of carbonyl (C=O) groups is 2. The molecular weight excluding hydrogens is 344 g/mol. The average molecular weight is 357 g/mol. The van der Waals surface area contributed by atoms with Crippen LogP contribution in [-0.2, 0) is 16.0 Å². The SMILES string of the molecule is C=C(Br)C[C@H](NC(=O)Cc1cccc([N+](=O)[O-])c1)C(=O)O. The average Bonchev–Trinajstić information content (AvgIpc) is 2.37. The van der Waals surface area contributed by atoms with Crippen molar-refractivity contribution in [3.8, 4) is 0 Å². The van der Waals surface area contributed by atoms with Crippen LogP contribution >= 0.6 is 15.9 Å².